The smallest absolute Gasteiger partial charge is 0.310 e. The van der Waals surface area contributed by atoms with Crippen LogP contribution in [0.3, 0.4) is 0 Å². The molecule has 0 bridgehead atoms. The maximum Gasteiger partial charge on any atom is 0.310 e. The summed E-state index contributed by atoms with van der Waals surface area (Å²) in [6.45, 7) is 4.70. The highest BCUT2D eigenvalue weighted by Gasteiger charge is 2.20. The lowest BCUT2D eigenvalue weighted by atomic mass is 10.1. The van der Waals surface area contributed by atoms with Crippen LogP contribution in [0.5, 0.6) is 0 Å². The van der Waals surface area contributed by atoms with E-state index in [4.69, 9.17) is 9.15 Å². The van der Waals surface area contributed by atoms with Gasteiger partial charge in [0.2, 0.25) is 10.0 Å². The third-order valence-corrected chi connectivity index (χ3v) is 7.34. The van der Waals surface area contributed by atoms with E-state index in [9.17, 15) is 13.2 Å². The zero-order valence-corrected chi connectivity index (χ0v) is 20.0. The Morgan fingerprint density at radius 2 is 1.97 bits per heavy atom. The Bertz CT molecular complexity index is 1430. The first kappa shape index (κ1) is 23.0. The number of nitrogens with zero attached hydrogens (tertiary/aromatic N) is 3. The van der Waals surface area contributed by atoms with E-state index in [0.717, 1.165) is 34.0 Å². The summed E-state index contributed by atoms with van der Waals surface area (Å²) in [5, 5.41) is 0.894. The summed E-state index contributed by atoms with van der Waals surface area (Å²) in [7, 11) is -0.589. The van der Waals surface area contributed by atoms with Crippen molar-refractivity contribution >= 4 is 38.0 Å². The summed E-state index contributed by atoms with van der Waals surface area (Å²) in [5.74, 6) is 0.191. The summed E-state index contributed by atoms with van der Waals surface area (Å²) in [6.07, 6.45) is 2.53. The third-order valence-electron chi connectivity index (χ3n) is 5.53. The lowest BCUT2D eigenvalue weighted by Crippen LogP contribution is -2.22. The van der Waals surface area contributed by atoms with Crippen LogP contribution in [0.4, 0.5) is 0 Å². The minimum absolute atomic E-state index is 0.00182. The predicted octanol–water partition coefficient (Wildman–Crippen LogP) is 4.04. The average molecular weight is 470 g/mol. The highest BCUT2D eigenvalue weighted by atomic mass is 32.2. The van der Waals surface area contributed by atoms with Gasteiger partial charge in [0.25, 0.3) is 0 Å². The highest BCUT2D eigenvalue weighted by molar-refractivity contribution is 7.89. The molecular formula is C24H27N3O5S. The van der Waals surface area contributed by atoms with Crippen molar-refractivity contribution < 1.29 is 22.4 Å². The topological polar surface area (TPSA) is 94.6 Å². The summed E-state index contributed by atoms with van der Waals surface area (Å²) in [6, 6.07) is 10.7. The first-order valence-electron chi connectivity index (χ1n) is 10.7. The largest absolute Gasteiger partial charge is 0.464 e. The van der Waals surface area contributed by atoms with E-state index in [1.165, 1.54) is 18.4 Å². The first-order valence-corrected chi connectivity index (χ1v) is 12.2. The molecule has 0 aliphatic heterocycles. The van der Waals surface area contributed by atoms with E-state index >= 15 is 0 Å². The van der Waals surface area contributed by atoms with Gasteiger partial charge in [-0.15, -0.1) is 0 Å². The molecule has 4 rings (SSSR count). The van der Waals surface area contributed by atoms with E-state index < -0.39 is 10.0 Å². The molecule has 0 N–H and O–H groups in total. The molecule has 2 heterocycles. The van der Waals surface area contributed by atoms with Gasteiger partial charge in [0.05, 0.1) is 28.6 Å². The first-order chi connectivity index (χ1) is 15.7. The molecule has 174 valence electrons. The molecule has 4 aromatic rings. The molecule has 0 aliphatic rings. The SMILES string of the molecule is CCCn1c(COC(=O)Cc2coc3cc(C)ccc23)nc2cc(S(=O)(=O)N(C)C)ccc21. The molecule has 0 saturated carbocycles. The maximum absolute atomic E-state index is 12.6. The molecule has 0 atom stereocenters. The van der Waals surface area contributed by atoms with Crippen LogP contribution in [0.2, 0.25) is 0 Å². The Hall–Kier alpha value is -3.17. The lowest BCUT2D eigenvalue weighted by Gasteiger charge is -2.11. The number of benzene rings is 2. The van der Waals surface area contributed by atoms with Crippen molar-refractivity contribution in [2.24, 2.45) is 0 Å². The number of furan rings is 1. The zero-order chi connectivity index (χ0) is 23.8. The normalized spacial score (nSPS) is 12.2. The number of hydrogen-bond donors (Lipinski definition) is 0. The quantitative estimate of drug-likeness (QED) is 0.362. The summed E-state index contributed by atoms with van der Waals surface area (Å²) in [4.78, 5) is 17.3. The van der Waals surface area contributed by atoms with Gasteiger partial charge in [0, 0.05) is 31.6 Å². The fraction of sp³-hybridized carbons (Fsp3) is 0.333. The molecule has 2 aromatic carbocycles. The van der Waals surface area contributed by atoms with Gasteiger partial charge in [-0.25, -0.2) is 17.7 Å². The maximum atomic E-state index is 12.6. The second-order valence-electron chi connectivity index (χ2n) is 8.22. The van der Waals surface area contributed by atoms with E-state index in [1.54, 1.807) is 24.5 Å². The molecule has 2 aromatic heterocycles. The van der Waals surface area contributed by atoms with Crippen molar-refractivity contribution in [1.82, 2.24) is 13.9 Å². The van der Waals surface area contributed by atoms with E-state index in [1.807, 2.05) is 36.6 Å². The molecular weight excluding hydrogens is 442 g/mol. The number of hydrogen-bond acceptors (Lipinski definition) is 6. The van der Waals surface area contributed by atoms with Crippen molar-refractivity contribution in [1.29, 1.82) is 0 Å². The number of ether oxygens (including phenoxy) is 1. The minimum atomic E-state index is -3.57. The van der Waals surface area contributed by atoms with Gasteiger partial charge in [-0.1, -0.05) is 19.1 Å². The van der Waals surface area contributed by atoms with Crippen LogP contribution < -0.4 is 0 Å². The van der Waals surface area contributed by atoms with Crippen LogP contribution in [-0.4, -0.2) is 42.3 Å². The lowest BCUT2D eigenvalue weighted by molar-refractivity contribution is -0.144. The van der Waals surface area contributed by atoms with Crippen molar-refractivity contribution in [2.45, 2.75) is 44.7 Å². The van der Waals surface area contributed by atoms with Crippen LogP contribution in [0.15, 0.2) is 52.0 Å². The number of aromatic nitrogens is 2. The Balaban J connectivity index is 1.55. The Kier molecular flexibility index (Phi) is 6.27. The van der Waals surface area contributed by atoms with Crippen molar-refractivity contribution in [3.8, 4) is 0 Å². The third kappa shape index (κ3) is 4.51. The number of imidazole rings is 1. The van der Waals surface area contributed by atoms with Crippen LogP contribution in [0, 0.1) is 6.92 Å². The second-order valence-corrected chi connectivity index (χ2v) is 10.4. The van der Waals surface area contributed by atoms with E-state index in [-0.39, 0.29) is 23.9 Å². The molecule has 0 fully saturated rings. The van der Waals surface area contributed by atoms with Gasteiger partial charge < -0.3 is 13.7 Å². The van der Waals surface area contributed by atoms with Crippen molar-refractivity contribution in [2.75, 3.05) is 14.1 Å². The van der Waals surface area contributed by atoms with Crippen molar-refractivity contribution in [3.63, 3.8) is 0 Å². The standard InChI is InChI=1S/C24H27N3O5S/c1-5-10-27-21-9-7-18(33(29,30)26(3)4)13-20(21)25-23(27)15-32-24(28)12-17-14-31-22-11-16(2)6-8-19(17)22/h6-9,11,13-14H,5,10,12,15H2,1-4H3. The van der Waals surface area contributed by atoms with Gasteiger partial charge in [0.15, 0.2) is 0 Å². The number of carbonyl (C=O) groups is 1. The summed E-state index contributed by atoms with van der Waals surface area (Å²) < 4.78 is 39.2. The van der Waals surface area contributed by atoms with Gasteiger partial charge in [-0.2, -0.15) is 0 Å². The van der Waals surface area contributed by atoms with Gasteiger partial charge >= 0.3 is 5.97 Å². The molecule has 0 saturated heterocycles. The number of sulfonamides is 1. The highest BCUT2D eigenvalue weighted by Crippen LogP contribution is 2.25. The zero-order valence-electron chi connectivity index (χ0n) is 19.2. The van der Waals surface area contributed by atoms with E-state index in [2.05, 4.69) is 4.98 Å². The predicted molar refractivity (Wildman–Crippen MR) is 125 cm³/mol. The molecule has 8 nitrogen and oxygen atoms in total. The van der Waals surface area contributed by atoms with Gasteiger partial charge in [-0.05, 0) is 43.2 Å². The van der Waals surface area contributed by atoms with Crippen LogP contribution in [0.25, 0.3) is 22.0 Å². The molecule has 0 aliphatic carbocycles. The molecule has 0 radical (unpaired) electrons. The number of carbonyl (C=O) groups excluding carboxylic acids is 1. The van der Waals surface area contributed by atoms with Gasteiger partial charge in [-0.3, -0.25) is 4.79 Å². The fourth-order valence-corrected chi connectivity index (χ4v) is 4.72. The molecule has 0 amide bonds. The Labute approximate surface area is 192 Å². The Morgan fingerprint density at radius 3 is 2.70 bits per heavy atom. The van der Waals surface area contributed by atoms with Crippen LogP contribution in [-0.2, 0) is 39.1 Å². The molecule has 33 heavy (non-hydrogen) atoms. The number of esters is 1. The van der Waals surface area contributed by atoms with Crippen LogP contribution in [0.1, 0.15) is 30.3 Å². The van der Waals surface area contributed by atoms with Gasteiger partial charge in [0.1, 0.15) is 18.0 Å². The molecule has 0 spiro atoms. The second kappa shape index (κ2) is 8.99. The number of fused-ring (bicyclic) bond motifs is 2. The number of aryl methyl sites for hydroxylation is 2. The average Bonchev–Trinajstić information content (AvgIpc) is 3.32. The monoisotopic (exact) mass is 469 g/mol. The van der Waals surface area contributed by atoms with Crippen molar-refractivity contribution in [3.05, 3.63) is 59.6 Å². The van der Waals surface area contributed by atoms with E-state index in [0.29, 0.717) is 17.9 Å². The molecule has 0 unspecified atom stereocenters. The number of rotatable bonds is 8. The molecule has 9 heteroatoms. The Morgan fingerprint density at radius 1 is 1.18 bits per heavy atom. The minimum Gasteiger partial charge on any atom is -0.464 e. The summed E-state index contributed by atoms with van der Waals surface area (Å²) in [5.41, 5.74) is 3.95. The fourth-order valence-electron chi connectivity index (χ4n) is 3.79. The van der Waals surface area contributed by atoms with Crippen LogP contribution >= 0.6 is 0 Å². The summed E-state index contributed by atoms with van der Waals surface area (Å²) >= 11 is 0.